The number of thiazole rings is 1. The van der Waals surface area contributed by atoms with E-state index in [-0.39, 0.29) is 12.0 Å². The number of likely N-dealkylation sites (tertiary alicyclic amines) is 1. The number of aryl methyl sites for hydroxylation is 1. The number of nitrogens with two attached hydrogens (primary N) is 1. The Bertz CT molecular complexity index is 1330. The maximum Gasteiger partial charge on any atom is 0.272 e. The molecule has 0 radical (unpaired) electrons. The van der Waals surface area contributed by atoms with Crippen LogP contribution < -0.4 is 15.2 Å². The lowest BCUT2D eigenvalue weighted by atomic mass is 9.45. The summed E-state index contributed by atoms with van der Waals surface area (Å²) in [5.41, 5.74) is 11.1. The molecule has 4 heterocycles. The molecule has 8 rings (SSSR count). The van der Waals surface area contributed by atoms with Gasteiger partial charge < -0.3 is 20.1 Å². The molecular formula is C27H32N6O3S. The number of nitrogens with zero attached hydrogens (tertiary/aromatic N) is 5. The Morgan fingerprint density at radius 3 is 2.51 bits per heavy atom. The minimum absolute atomic E-state index is 0.00303. The summed E-state index contributed by atoms with van der Waals surface area (Å²) in [5, 5.41) is 6.42. The number of hydrogen-bond acceptors (Lipinski definition) is 8. The van der Waals surface area contributed by atoms with Gasteiger partial charge in [-0.1, -0.05) is 0 Å². The molecule has 2 bridgehead atoms. The second-order valence-corrected chi connectivity index (χ2v) is 12.8. The molecule has 0 aromatic carbocycles. The highest BCUT2D eigenvalue weighted by molar-refractivity contribution is 7.07. The number of piperidine rings is 1. The van der Waals surface area contributed by atoms with E-state index in [1.807, 2.05) is 42.3 Å². The SMILES string of the molecule is Cn1nc(-c2cscn2)cc1C(=O)N1C[C@@H]2C(Oc3cc(C(C)(C)N)cc(OCC45CC(C4)C5)n3)[C@@H]2C1. The van der Waals surface area contributed by atoms with Crippen LogP contribution in [0.3, 0.4) is 0 Å². The Hall–Kier alpha value is -2.98. The summed E-state index contributed by atoms with van der Waals surface area (Å²) in [6.07, 6.45) is 3.90. The van der Waals surface area contributed by atoms with Gasteiger partial charge >= 0.3 is 0 Å². The topological polar surface area (TPSA) is 108 Å². The standard InChI is InChI=1S/C27H32N6O3S/c1-26(2,28)16-4-22(35-13-27-7-15(8-27)9-27)30-23(5-16)36-24-17-10-33(11-18(17)24)25(34)21-6-19(31-32(21)3)20-12-37-14-29-20/h4-6,12,14-15,17-18,24H,7-11,13,28H2,1-3H3/t15?,17-,18+,24?,27?. The first-order valence-electron chi connectivity index (χ1n) is 13.0. The molecule has 1 amide bonds. The summed E-state index contributed by atoms with van der Waals surface area (Å²) in [6.45, 7) is 6.00. The highest BCUT2D eigenvalue weighted by Gasteiger charge is 2.59. The number of hydrogen-bond donors (Lipinski definition) is 1. The molecule has 5 fully saturated rings. The first-order chi connectivity index (χ1) is 17.7. The van der Waals surface area contributed by atoms with E-state index in [1.165, 1.54) is 30.6 Å². The van der Waals surface area contributed by atoms with Crippen molar-refractivity contribution >= 4 is 17.2 Å². The second-order valence-electron chi connectivity index (χ2n) is 12.1. The van der Waals surface area contributed by atoms with E-state index in [2.05, 4.69) is 15.1 Å². The molecule has 9 nitrogen and oxygen atoms in total. The third kappa shape index (κ3) is 4.01. The first-order valence-corrected chi connectivity index (χ1v) is 13.9. The van der Waals surface area contributed by atoms with Crippen LogP contribution in [-0.4, -0.2) is 56.4 Å². The van der Waals surface area contributed by atoms with Crippen LogP contribution in [0.2, 0.25) is 0 Å². The van der Waals surface area contributed by atoms with Gasteiger partial charge in [0.1, 0.15) is 23.2 Å². The van der Waals surface area contributed by atoms with Crippen molar-refractivity contribution in [1.82, 2.24) is 24.6 Å². The van der Waals surface area contributed by atoms with Crippen molar-refractivity contribution in [3.63, 3.8) is 0 Å². The lowest BCUT2D eigenvalue weighted by Gasteiger charge is -2.61. The molecule has 5 aliphatic rings. The van der Waals surface area contributed by atoms with Gasteiger partial charge in [-0.2, -0.15) is 10.1 Å². The van der Waals surface area contributed by atoms with Gasteiger partial charge in [0.05, 0.1) is 12.1 Å². The highest BCUT2D eigenvalue weighted by Crippen LogP contribution is 2.64. The molecule has 4 aliphatic carbocycles. The Morgan fingerprint density at radius 2 is 1.89 bits per heavy atom. The van der Waals surface area contributed by atoms with Crippen LogP contribution in [-0.2, 0) is 12.6 Å². The molecule has 1 aliphatic heterocycles. The smallest absolute Gasteiger partial charge is 0.272 e. The maximum atomic E-state index is 13.2. The summed E-state index contributed by atoms with van der Waals surface area (Å²) in [5.74, 6) is 2.67. The molecule has 2 N–H and O–H groups in total. The summed E-state index contributed by atoms with van der Waals surface area (Å²) in [4.78, 5) is 24.1. The minimum Gasteiger partial charge on any atom is -0.477 e. The number of aromatic nitrogens is 4. The van der Waals surface area contributed by atoms with Gasteiger partial charge in [0.15, 0.2) is 0 Å². The molecule has 1 saturated heterocycles. The van der Waals surface area contributed by atoms with Crippen molar-refractivity contribution < 1.29 is 14.3 Å². The van der Waals surface area contributed by atoms with E-state index in [0.29, 0.717) is 54.4 Å². The van der Waals surface area contributed by atoms with E-state index in [1.54, 1.807) is 17.2 Å². The van der Waals surface area contributed by atoms with E-state index in [9.17, 15) is 4.79 Å². The van der Waals surface area contributed by atoms with Crippen LogP contribution in [0.1, 0.15) is 49.2 Å². The van der Waals surface area contributed by atoms with Crippen LogP contribution >= 0.6 is 11.3 Å². The van der Waals surface area contributed by atoms with Crippen molar-refractivity contribution in [3.8, 4) is 23.1 Å². The summed E-state index contributed by atoms with van der Waals surface area (Å²) < 4.78 is 14.1. The van der Waals surface area contributed by atoms with Crippen LogP contribution in [0.4, 0.5) is 0 Å². The average Bonchev–Trinajstić information content (AvgIpc) is 3.30. The van der Waals surface area contributed by atoms with Gasteiger partial charge in [-0.15, -0.1) is 11.3 Å². The Morgan fingerprint density at radius 1 is 1.16 bits per heavy atom. The van der Waals surface area contributed by atoms with E-state index in [4.69, 9.17) is 15.2 Å². The molecule has 3 aromatic rings. The molecule has 1 unspecified atom stereocenters. The zero-order chi connectivity index (χ0) is 25.5. The summed E-state index contributed by atoms with van der Waals surface area (Å²) >= 11 is 1.51. The Balaban J connectivity index is 1.01. The van der Waals surface area contributed by atoms with E-state index in [0.717, 1.165) is 22.9 Å². The van der Waals surface area contributed by atoms with Crippen molar-refractivity contribution in [3.05, 3.63) is 40.3 Å². The van der Waals surface area contributed by atoms with Gasteiger partial charge in [0, 0.05) is 60.4 Å². The predicted molar refractivity (Wildman–Crippen MR) is 138 cm³/mol. The van der Waals surface area contributed by atoms with Gasteiger partial charge in [0.25, 0.3) is 5.91 Å². The molecule has 3 aromatic heterocycles. The van der Waals surface area contributed by atoms with E-state index < -0.39 is 5.54 Å². The third-order valence-corrected chi connectivity index (χ3v) is 9.25. The normalized spacial score (nSPS) is 29.4. The Kier molecular flexibility index (Phi) is 5.01. The van der Waals surface area contributed by atoms with Crippen LogP contribution in [0.25, 0.3) is 11.4 Å². The van der Waals surface area contributed by atoms with Gasteiger partial charge in [-0.05, 0) is 50.7 Å². The quantitative estimate of drug-likeness (QED) is 0.485. The summed E-state index contributed by atoms with van der Waals surface area (Å²) in [6, 6.07) is 5.70. The zero-order valence-corrected chi connectivity index (χ0v) is 22.2. The fourth-order valence-corrected chi connectivity index (χ4v) is 6.84. The van der Waals surface area contributed by atoms with Crippen LogP contribution in [0.5, 0.6) is 11.8 Å². The fraction of sp³-hybridized carbons (Fsp3) is 0.556. The van der Waals surface area contributed by atoms with Gasteiger partial charge in [0.2, 0.25) is 11.8 Å². The summed E-state index contributed by atoms with van der Waals surface area (Å²) in [7, 11) is 1.80. The number of ether oxygens (including phenoxy) is 2. The molecule has 0 spiro atoms. The van der Waals surface area contributed by atoms with Crippen LogP contribution in [0, 0.1) is 23.2 Å². The number of pyridine rings is 1. The second kappa shape index (κ2) is 8.01. The third-order valence-electron chi connectivity index (χ3n) is 8.67. The molecule has 37 heavy (non-hydrogen) atoms. The highest BCUT2D eigenvalue weighted by atomic mass is 32.1. The number of amides is 1. The number of carbonyl (C=O) groups excluding carboxylic acids is 1. The first kappa shape index (κ1) is 23.2. The molecule has 194 valence electrons. The van der Waals surface area contributed by atoms with Gasteiger partial charge in [-0.25, -0.2) is 4.98 Å². The fourth-order valence-electron chi connectivity index (χ4n) is 6.29. The monoisotopic (exact) mass is 520 g/mol. The lowest BCUT2D eigenvalue weighted by molar-refractivity contribution is -0.132. The molecule has 4 saturated carbocycles. The minimum atomic E-state index is -0.529. The van der Waals surface area contributed by atoms with Crippen molar-refractivity contribution in [2.24, 2.45) is 36.0 Å². The zero-order valence-electron chi connectivity index (χ0n) is 21.4. The molecule has 3 atom stereocenters. The lowest BCUT2D eigenvalue weighted by Crippen LogP contribution is -2.55. The van der Waals surface area contributed by atoms with Gasteiger partial charge in [-0.3, -0.25) is 9.48 Å². The average molecular weight is 521 g/mol. The Labute approximate surface area is 220 Å². The van der Waals surface area contributed by atoms with Crippen molar-refractivity contribution in [2.75, 3.05) is 19.7 Å². The predicted octanol–water partition coefficient (Wildman–Crippen LogP) is 3.46. The maximum absolute atomic E-state index is 13.2. The number of rotatable bonds is 8. The van der Waals surface area contributed by atoms with Crippen molar-refractivity contribution in [2.45, 2.75) is 44.8 Å². The molecule has 10 heteroatoms. The number of fused-ring (bicyclic) bond motifs is 1. The molecular weight excluding hydrogens is 488 g/mol. The number of carbonyl (C=O) groups is 1. The van der Waals surface area contributed by atoms with Crippen molar-refractivity contribution in [1.29, 1.82) is 0 Å². The van der Waals surface area contributed by atoms with E-state index >= 15 is 0 Å². The largest absolute Gasteiger partial charge is 0.477 e. The van der Waals surface area contributed by atoms with Crippen LogP contribution in [0.15, 0.2) is 29.1 Å².